The van der Waals surface area contributed by atoms with Crippen molar-refractivity contribution in [1.82, 2.24) is 20.4 Å². The largest absolute Gasteiger partial charge is 0.322 e. The van der Waals surface area contributed by atoms with Gasteiger partial charge in [0.2, 0.25) is 11.8 Å². The standard InChI is InChI=1S/C19H23FN4O3/c20-8-13-10-23(7-6-21-13)9-12-2-1-3-14-15(12)11-24(19(14)27)16-4-5-17(25)22-18(16)26/h1-3,13,16,21H,4-11H2,(H,22,25,26). The van der Waals surface area contributed by atoms with E-state index in [0.29, 0.717) is 31.6 Å². The highest BCUT2D eigenvalue weighted by atomic mass is 19.1. The van der Waals surface area contributed by atoms with Crippen LogP contribution in [0.3, 0.4) is 0 Å². The van der Waals surface area contributed by atoms with Crippen molar-refractivity contribution in [2.24, 2.45) is 0 Å². The molecule has 0 saturated carbocycles. The smallest absolute Gasteiger partial charge is 0.255 e. The van der Waals surface area contributed by atoms with Crippen LogP contribution in [0.1, 0.15) is 34.3 Å². The van der Waals surface area contributed by atoms with Gasteiger partial charge in [0.15, 0.2) is 0 Å². The normalized spacial score (nSPS) is 26.3. The summed E-state index contributed by atoms with van der Waals surface area (Å²) in [6, 6.07) is 4.87. The van der Waals surface area contributed by atoms with Crippen LogP contribution >= 0.6 is 0 Å². The number of hydrogen-bond acceptors (Lipinski definition) is 5. The van der Waals surface area contributed by atoms with Gasteiger partial charge >= 0.3 is 0 Å². The van der Waals surface area contributed by atoms with Crippen LogP contribution in [-0.2, 0) is 22.7 Å². The number of nitrogens with one attached hydrogen (secondary N) is 2. The van der Waals surface area contributed by atoms with Gasteiger partial charge in [-0.2, -0.15) is 0 Å². The average molecular weight is 374 g/mol. The highest BCUT2D eigenvalue weighted by Gasteiger charge is 2.39. The van der Waals surface area contributed by atoms with Crippen LogP contribution in [0, 0.1) is 0 Å². The van der Waals surface area contributed by atoms with E-state index in [1.165, 1.54) is 0 Å². The lowest BCUT2D eigenvalue weighted by Crippen LogP contribution is -2.52. The molecule has 0 spiro atoms. The number of hydrogen-bond donors (Lipinski definition) is 2. The Labute approximate surface area is 156 Å². The maximum Gasteiger partial charge on any atom is 0.255 e. The molecule has 0 aromatic heterocycles. The number of fused-ring (bicyclic) bond motifs is 1. The first-order valence-corrected chi connectivity index (χ1v) is 9.34. The van der Waals surface area contributed by atoms with E-state index < -0.39 is 18.6 Å². The van der Waals surface area contributed by atoms with Crippen molar-refractivity contribution < 1.29 is 18.8 Å². The zero-order valence-electron chi connectivity index (χ0n) is 15.0. The number of benzene rings is 1. The van der Waals surface area contributed by atoms with Crippen molar-refractivity contribution in [2.45, 2.75) is 38.0 Å². The predicted molar refractivity (Wildman–Crippen MR) is 95.5 cm³/mol. The summed E-state index contributed by atoms with van der Waals surface area (Å²) in [5.41, 5.74) is 2.59. The molecule has 0 bridgehead atoms. The minimum absolute atomic E-state index is 0.155. The minimum Gasteiger partial charge on any atom is -0.322 e. The van der Waals surface area contributed by atoms with Crippen LogP contribution in [0.4, 0.5) is 4.39 Å². The first kappa shape index (κ1) is 18.1. The lowest BCUT2D eigenvalue weighted by molar-refractivity contribution is -0.136. The lowest BCUT2D eigenvalue weighted by Gasteiger charge is -2.33. The van der Waals surface area contributed by atoms with Crippen LogP contribution in [0.25, 0.3) is 0 Å². The van der Waals surface area contributed by atoms with Crippen molar-refractivity contribution in [1.29, 1.82) is 0 Å². The van der Waals surface area contributed by atoms with E-state index in [0.717, 1.165) is 24.2 Å². The topological polar surface area (TPSA) is 81.8 Å². The molecule has 27 heavy (non-hydrogen) atoms. The van der Waals surface area contributed by atoms with Crippen LogP contribution in [-0.4, -0.2) is 65.9 Å². The first-order valence-electron chi connectivity index (χ1n) is 9.34. The quantitative estimate of drug-likeness (QED) is 0.736. The van der Waals surface area contributed by atoms with Crippen molar-refractivity contribution in [3.8, 4) is 0 Å². The van der Waals surface area contributed by atoms with Crippen LogP contribution in [0.15, 0.2) is 18.2 Å². The van der Waals surface area contributed by atoms with Crippen molar-refractivity contribution in [2.75, 3.05) is 26.3 Å². The van der Waals surface area contributed by atoms with E-state index in [2.05, 4.69) is 15.5 Å². The number of alkyl halides is 1. The van der Waals surface area contributed by atoms with E-state index in [1.54, 1.807) is 11.0 Å². The summed E-state index contributed by atoms with van der Waals surface area (Å²) in [5, 5.41) is 5.47. The lowest BCUT2D eigenvalue weighted by atomic mass is 10.0. The maximum absolute atomic E-state index is 13.0. The monoisotopic (exact) mass is 374 g/mol. The first-order chi connectivity index (χ1) is 13.1. The van der Waals surface area contributed by atoms with Gasteiger partial charge < -0.3 is 10.2 Å². The van der Waals surface area contributed by atoms with Gasteiger partial charge in [0, 0.05) is 50.7 Å². The second-order valence-corrected chi connectivity index (χ2v) is 7.38. The number of imide groups is 1. The third kappa shape index (κ3) is 3.46. The molecule has 3 aliphatic rings. The number of piperazine rings is 1. The van der Waals surface area contributed by atoms with Gasteiger partial charge in [0.25, 0.3) is 5.91 Å². The second-order valence-electron chi connectivity index (χ2n) is 7.38. The van der Waals surface area contributed by atoms with E-state index in [1.807, 2.05) is 12.1 Å². The Kier molecular flexibility index (Phi) is 4.92. The fourth-order valence-corrected chi connectivity index (χ4v) is 4.18. The summed E-state index contributed by atoms with van der Waals surface area (Å²) in [5.74, 6) is -0.854. The van der Waals surface area contributed by atoms with E-state index >= 15 is 0 Å². The molecule has 2 atom stereocenters. The van der Waals surface area contributed by atoms with Crippen molar-refractivity contribution in [3.63, 3.8) is 0 Å². The fourth-order valence-electron chi connectivity index (χ4n) is 4.18. The molecule has 2 saturated heterocycles. The molecule has 8 heteroatoms. The minimum atomic E-state index is -0.606. The number of amides is 3. The van der Waals surface area contributed by atoms with Gasteiger partial charge in [-0.1, -0.05) is 12.1 Å². The third-order valence-electron chi connectivity index (χ3n) is 5.60. The van der Waals surface area contributed by atoms with E-state index in [-0.39, 0.29) is 24.3 Å². The molecule has 1 aromatic carbocycles. The Bertz CT molecular complexity index is 784. The molecule has 2 unspecified atom stereocenters. The number of halogens is 1. The molecule has 7 nitrogen and oxygen atoms in total. The summed E-state index contributed by atoms with van der Waals surface area (Å²) in [4.78, 5) is 40.2. The molecule has 2 fully saturated rings. The Morgan fingerprint density at radius 2 is 2.07 bits per heavy atom. The molecular formula is C19H23FN4O3. The molecule has 0 radical (unpaired) electrons. The summed E-state index contributed by atoms with van der Waals surface area (Å²) in [6.07, 6.45) is 0.602. The zero-order chi connectivity index (χ0) is 19.0. The van der Waals surface area contributed by atoms with Crippen LogP contribution in [0.2, 0.25) is 0 Å². The number of carbonyl (C=O) groups excluding carboxylic acids is 3. The molecule has 3 amide bonds. The van der Waals surface area contributed by atoms with Gasteiger partial charge in [0.05, 0.1) is 0 Å². The Morgan fingerprint density at radius 3 is 2.85 bits per heavy atom. The van der Waals surface area contributed by atoms with Crippen molar-refractivity contribution in [3.05, 3.63) is 34.9 Å². The van der Waals surface area contributed by atoms with Gasteiger partial charge in [0.1, 0.15) is 12.7 Å². The molecule has 0 aliphatic carbocycles. The maximum atomic E-state index is 13.0. The number of rotatable bonds is 4. The van der Waals surface area contributed by atoms with Gasteiger partial charge in [-0.15, -0.1) is 0 Å². The zero-order valence-corrected chi connectivity index (χ0v) is 15.0. The number of carbonyl (C=O) groups is 3. The summed E-state index contributed by atoms with van der Waals surface area (Å²) in [7, 11) is 0. The Morgan fingerprint density at radius 1 is 1.22 bits per heavy atom. The molecule has 3 heterocycles. The number of piperidine rings is 1. The molecular weight excluding hydrogens is 351 g/mol. The summed E-state index contributed by atoms with van der Waals surface area (Å²) >= 11 is 0. The molecule has 3 aliphatic heterocycles. The average Bonchev–Trinajstić information content (AvgIpc) is 3.00. The highest BCUT2D eigenvalue weighted by molar-refractivity contribution is 6.05. The van der Waals surface area contributed by atoms with Crippen LogP contribution in [0.5, 0.6) is 0 Å². The van der Waals surface area contributed by atoms with Gasteiger partial charge in [-0.05, 0) is 23.6 Å². The molecule has 144 valence electrons. The SMILES string of the molecule is O=C1CCC(N2Cc3c(CN4CCNC(CF)C4)cccc3C2=O)C(=O)N1. The molecule has 2 N–H and O–H groups in total. The third-order valence-corrected chi connectivity index (χ3v) is 5.60. The Balaban J connectivity index is 1.52. The van der Waals surface area contributed by atoms with Gasteiger partial charge in [-0.25, -0.2) is 4.39 Å². The van der Waals surface area contributed by atoms with Crippen LogP contribution < -0.4 is 10.6 Å². The summed E-state index contributed by atoms with van der Waals surface area (Å²) < 4.78 is 13.0. The summed E-state index contributed by atoms with van der Waals surface area (Å²) in [6.45, 7) is 2.82. The van der Waals surface area contributed by atoms with Crippen molar-refractivity contribution >= 4 is 17.7 Å². The Hall–Kier alpha value is -2.32. The van der Waals surface area contributed by atoms with E-state index in [4.69, 9.17) is 0 Å². The highest BCUT2D eigenvalue weighted by Crippen LogP contribution is 2.30. The predicted octanol–water partition coefficient (Wildman–Crippen LogP) is 0.191. The fraction of sp³-hybridized carbons (Fsp3) is 0.526. The number of nitrogens with zero attached hydrogens (tertiary/aromatic N) is 2. The molecule has 4 rings (SSSR count). The van der Waals surface area contributed by atoms with E-state index in [9.17, 15) is 18.8 Å². The molecule has 1 aromatic rings. The second kappa shape index (κ2) is 7.36. The van der Waals surface area contributed by atoms with Gasteiger partial charge in [-0.3, -0.25) is 24.6 Å².